The first kappa shape index (κ1) is 10.2. The second-order valence-electron chi connectivity index (χ2n) is 1.57. The smallest absolute Gasteiger partial charge is 0.344 e. The third-order valence-corrected chi connectivity index (χ3v) is 0.846. The van der Waals surface area contributed by atoms with Gasteiger partial charge in [0.05, 0.1) is 12.8 Å². The number of alkyl halides is 1. The summed E-state index contributed by atoms with van der Waals surface area (Å²) in [6, 6.07) is 0. The Bertz CT molecular complexity index is 146. The van der Waals surface area contributed by atoms with E-state index in [-0.39, 0.29) is 12.5 Å². The molecule has 0 saturated carbocycles. The predicted molar refractivity (Wildman–Crippen MR) is 38.0 cm³/mol. The molecule has 0 fully saturated rings. The number of esters is 2. The van der Waals surface area contributed by atoms with Crippen LogP contribution in [0.1, 0.15) is 0 Å². The first-order chi connectivity index (χ1) is 5.16. The van der Waals surface area contributed by atoms with Crippen molar-refractivity contribution in [3.8, 4) is 0 Å². The van der Waals surface area contributed by atoms with E-state index in [4.69, 9.17) is 11.6 Å². The van der Waals surface area contributed by atoms with E-state index >= 15 is 0 Å². The van der Waals surface area contributed by atoms with Crippen molar-refractivity contribution in [3.05, 3.63) is 6.92 Å². The molecule has 1 radical (unpaired) electrons. The lowest BCUT2D eigenvalue weighted by Gasteiger charge is -2.01. The number of rotatable bonds is 4. The lowest BCUT2D eigenvalue weighted by molar-refractivity contribution is -0.155. The molecule has 4 nitrogen and oxygen atoms in total. The molecule has 0 aromatic heterocycles. The van der Waals surface area contributed by atoms with Crippen LogP contribution in [0.4, 0.5) is 0 Å². The van der Waals surface area contributed by atoms with Crippen LogP contribution in [0.15, 0.2) is 0 Å². The first-order valence-corrected chi connectivity index (χ1v) is 3.40. The molecule has 0 spiro atoms. The van der Waals surface area contributed by atoms with Crippen molar-refractivity contribution >= 4 is 23.5 Å². The number of hydrogen-bond acceptors (Lipinski definition) is 4. The van der Waals surface area contributed by atoms with Crippen molar-refractivity contribution in [3.63, 3.8) is 0 Å². The van der Waals surface area contributed by atoms with Crippen LogP contribution in [0, 0.1) is 6.92 Å². The molecular formula is C6H8ClO4. The molecular weight excluding hydrogens is 172 g/mol. The van der Waals surface area contributed by atoms with Crippen LogP contribution >= 0.6 is 11.6 Å². The van der Waals surface area contributed by atoms with Gasteiger partial charge in [-0.05, 0) is 0 Å². The van der Waals surface area contributed by atoms with Gasteiger partial charge in [0.15, 0.2) is 6.61 Å². The molecule has 0 unspecified atom stereocenters. The van der Waals surface area contributed by atoms with Crippen molar-refractivity contribution in [1.82, 2.24) is 0 Å². The molecule has 0 aromatic rings. The van der Waals surface area contributed by atoms with Crippen LogP contribution in [0.2, 0.25) is 0 Å². The maximum atomic E-state index is 10.5. The summed E-state index contributed by atoms with van der Waals surface area (Å²) >= 11 is 5.21. The molecule has 0 rings (SSSR count). The minimum Gasteiger partial charge on any atom is -0.462 e. The molecule has 0 atom stereocenters. The molecule has 0 aliphatic carbocycles. The highest BCUT2D eigenvalue weighted by Crippen LogP contribution is 1.83. The van der Waals surface area contributed by atoms with E-state index in [1.807, 2.05) is 0 Å². The molecule has 0 aliphatic rings. The van der Waals surface area contributed by atoms with Crippen molar-refractivity contribution in [2.24, 2.45) is 0 Å². The van der Waals surface area contributed by atoms with Gasteiger partial charge in [-0.25, -0.2) is 4.79 Å². The van der Waals surface area contributed by atoms with E-state index in [1.54, 1.807) is 0 Å². The maximum absolute atomic E-state index is 10.5. The molecule has 0 aromatic carbocycles. The molecule has 0 saturated heterocycles. The Morgan fingerprint density at radius 1 is 1.36 bits per heavy atom. The molecule has 11 heavy (non-hydrogen) atoms. The average Bonchev–Trinajstić information content (AvgIpc) is 1.97. The Kier molecular flexibility index (Phi) is 5.56. The van der Waals surface area contributed by atoms with Crippen molar-refractivity contribution < 1.29 is 19.1 Å². The summed E-state index contributed by atoms with van der Waals surface area (Å²) in [6.45, 7) is 2.61. The number of halogens is 1. The van der Waals surface area contributed by atoms with Crippen LogP contribution in [0.5, 0.6) is 0 Å². The summed E-state index contributed by atoms with van der Waals surface area (Å²) in [7, 11) is 0. The highest BCUT2D eigenvalue weighted by atomic mass is 35.5. The first-order valence-electron chi connectivity index (χ1n) is 2.87. The van der Waals surface area contributed by atoms with E-state index < -0.39 is 18.5 Å². The van der Waals surface area contributed by atoms with Gasteiger partial charge in [0, 0.05) is 0 Å². The van der Waals surface area contributed by atoms with Crippen molar-refractivity contribution in [2.45, 2.75) is 0 Å². The molecule has 0 aliphatic heterocycles. The minimum absolute atomic E-state index is 0.120. The molecule has 0 N–H and O–H groups in total. The van der Waals surface area contributed by atoms with Gasteiger partial charge in [-0.15, -0.1) is 11.6 Å². The monoisotopic (exact) mass is 179 g/mol. The normalized spacial score (nSPS) is 8.91. The summed E-state index contributed by atoms with van der Waals surface area (Å²) in [4.78, 5) is 20.6. The van der Waals surface area contributed by atoms with Gasteiger partial charge in [0.25, 0.3) is 0 Å². The molecule has 5 heteroatoms. The highest BCUT2D eigenvalue weighted by molar-refractivity contribution is 6.18. The average molecular weight is 180 g/mol. The second kappa shape index (κ2) is 5.97. The van der Waals surface area contributed by atoms with Crippen molar-refractivity contribution in [1.29, 1.82) is 0 Å². The van der Waals surface area contributed by atoms with Crippen LogP contribution in [-0.2, 0) is 19.1 Å². The second-order valence-corrected chi connectivity index (χ2v) is 1.95. The van der Waals surface area contributed by atoms with Crippen molar-refractivity contribution in [2.75, 3.05) is 19.1 Å². The zero-order valence-corrected chi connectivity index (χ0v) is 6.60. The SMILES string of the molecule is [CH2]C(=O)OCC(=O)OCCCl. The summed E-state index contributed by atoms with van der Waals surface area (Å²) in [6.07, 6.45) is 0. The van der Waals surface area contributed by atoms with Crippen LogP contribution < -0.4 is 0 Å². The van der Waals surface area contributed by atoms with Crippen LogP contribution in [0.25, 0.3) is 0 Å². The third-order valence-electron chi connectivity index (χ3n) is 0.691. The quantitative estimate of drug-likeness (QED) is 0.455. The zero-order valence-electron chi connectivity index (χ0n) is 5.84. The topological polar surface area (TPSA) is 52.6 Å². The Morgan fingerprint density at radius 3 is 2.45 bits per heavy atom. The fraction of sp³-hybridized carbons (Fsp3) is 0.500. The summed E-state index contributed by atoms with van der Waals surface area (Å²) in [5, 5.41) is 0. The van der Waals surface area contributed by atoms with Gasteiger partial charge in [-0.3, -0.25) is 4.79 Å². The number of hydrogen-bond donors (Lipinski definition) is 0. The Morgan fingerprint density at radius 2 is 2.00 bits per heavy atom. The van der Waals surface area contributed by atoms with Crippen LogP contribution in [0.3, 0.4) is 0 Å². The summed E-state index contributed by atoms with van der Waals surface area (Å²) in [5.74, 6) is -1.15. The Labute approximate surface area is 69.4 Å². The number of carbonyl (C=O) groups is 2. The van der Waals surface area contributed by atoms with E-state index in [1.165, 1.54) is 0 Å². The van der Waals surface area contributed by atoms with E-state index in [0.717, 1.165) is 0 Å². The third kappa shape index (κ3) is 7.12. The lowest BCUT2D eigenvalue weighted by Crippen LogP contribution is -2.15. The molecule has 0 heterocycles. The predicted octanol–water partition coefficient (Wildman–Crippen LogP) is 0.146. The summed E-state index contributed by atoms with van der Waals surface area (Å²) in [5.41, 5.74) is 0. The zero-order chi connectivity index (χ0) is 8.69. The van der Waals surface area contributed by atoms with Gasteiger partial charge >= 0.3 is 11.9 Å². The maximum Gasteiger partial charge on any atom is 0.344 e. The van der Waals surface area contributed by atoms with E-state index in [2.05, 4.69) is 16.4 Å². The Hall–Kier alpha value is -0.770. The van der Waals surface area contributed by atoms with Gasteiger partial charge in [-0.1, -0.05) is 0 Å². The molecule has 63 valence electrons. The highest BCUT2D eigenvalue weighted by Gasteiger charge is 2.03. The fourth-order valence-electron chi connectivity index (χ4n) is 0.333. The number of ether oxygens (including phenoxy) is 2. The van der Waals surface area contributed by atoms with Gasteiger partial charge in [-0.2, -0.15) is 0 Å². The number of carbonyl (C=O) groups excluding carboxylic acids is 2. The van der Waals surface area contributed by atoms with Gasteiger partial charge in [0.2, 0.25) is 0 Å². The minimum atomic E-state index is -0.757. The Balaban J connectivity index is 3.30. The standard InChI is InChI=1S/C6H8ClO4/c1-5(8)11-4-6(9)10-3-2-7/h1-4H2. The van der Waals surface area contributed by atoms with E-state index in [0.29, 0.717) is 0 Å². The fourth-order valence-corrected chi connectivity index (χ4v) is 0.411. The summed E-state index contributed by atoms with van der Waals surface area (Å²) < 4.78 is 8.70. The van der Waals surface area contributed by atoms with E-state index in [9.17, 15) is 9.59 Å². The van der Waals surface area contributed by atoms with Gasteiger partial charge < -0.3 is 9.47 Å². The van der Waals surface area contributed by atoms with Crippen LogP contribution in [-0.4, -0.2) is 31.0 Å². The lowest BCUT2D eigenvalue weighted by atomic mass is 10.7. The van der Waals surface area contributed by atoms with Gasteiger partial charge in [0.1, 0.15) is 6.61 Å². The largest absolute Gasteiger partial charge is 0.462 e. The molecule has 0 bridgehead atoms. The molecule has 0 amide bonds.